The van der Waals surface area contributed by atoms with E-state index in [4.69, 9.17) is 9.84 Å². The first-order valence-electron chi connectivity index (χ1n) is 5.46. The van der Waals surface area contributed by atoms with Crippen LogP contribution in [0.2, 0.25) is 0 Å². The molecule has 1 rings (SSSR count). The van der Waals surface area contributed by atoms with Crippen LogP contribution in [0.15, 0.2) is 0 Å². The van der Waals surface area contributed by atoms with E-state index in [0.717, 1.165) is 11.5 Å². The first kappa shape index (κ1) is 14.4. The maximum absolute atomic E-state index is 11.6. The molecule has 0 aliphatic rings. The van der Waals surface area contributed by atoms with Crippen molar-refractivity contribution in [1.29, 1.82) is 0 Å². The van der Waals surface area contributed by atoms with E-state index in [9.17, 15) is 9.59 Å². The van der Waals surface area contributed by atoms with E-state index in [1.165, 1.54) is 0 Å². The number of nitrogens with one attached hydrogen (secondary N) is 1. The number of aryl methyl sites for hydroxylation is 1. The average molecular weight is 272 g/mol. The molecule has 0 aromatic carbocycles. The summed E-state index contributed by atoms with van der Waals surface area (Å²) in [5, 5.41) is 11.7. The normalized spacial score (nSPS) is 11.1. The van der Waals surface area contributed by atoms with Gasteiger partial charge in [-0.2, -0.15) is 4.37 Å². The highest BCUT2D eigenvalue weighted by Gasteiger charge is 2.23. The zero-order valence-electron chi connectivity index (χ0n) is 10.7. The van der Waals surface area contributed by atoms with E-state index in [2.05, 4.69) is 9.69 Å². The molecule has 1 aromatic rings. The van der Waals surface area contributed by atoms with E-state index in [1.807, 2.05) is 0 Å². The van der Waals surface area contributed by atoms with Gasteiger partial charge in [-0.1, -0.05) is 6.92 Å². The maximum Gasteiger partial charge on any atom is 0.412 e. The second-order valence-electron chi connectivity index (χ2n) is 4.62. The van der Waals surface area contributed by atoms with Crippen molar-refractivity contribution in [2.75, 3.05) is 5.32 Å². The molecular weight excluding hydrogens is 256 g/mol. The molecular formula is C11H16N2O4S. The van der Waals surface area contributed by atoms with E-state index in [0.29, 0.717) is 12.1 Å². The number of aromatic nitrogens is 1. The third-order valence-corrected chi connectivity index (χ3v) is 2.73. The molecule has 0 aliphatic heterocycles. The highest BCUT2D eigenvalue weighted by Crippen LogP contribution is 2.26. The van der Waals surface area contributed by atoms with Crippen molar-refractivity contribution < 1.29 is 19.4 Å². The Bertz CT molecular complexity index is 462. The summed E-state index contributed by atoms with van der Waals surface area (Å²) in [6, 6.07) is 0. The molecule has 0 atom stereocenters. The largest absolute Gasteiger partial charge is 0.478 e. The van der Waals surface area contributed by atoms with Crippen molar-refractivity contribution in [3.8, 4) is 0 Å². The summed E-state index contributed by atoms with van der Waals surface area (Å²) in [5.74, 6) is -1.10. The minimum Gasteiger partial charge on any atom is -0.478 e. The lowest BCUT2D eigenvalue weighted by atomic mass is 10.2. The Morgan fingerprint density at radius 1 is 1.44 bits per heavy atom. The number of amides is 1. The van der Waals surface area contributed by atoms with Crippen LogP contribution in [0.1, 0.15) is 43.7 Å². The molecule has 0 fully saturated rings. The fourth-order valence-electron chi connectivity index (χ4n) is 1.27. The number of aromatic carboxylic acids is 1. The molecule has 0 spiro atoms. The minimum atomic E-state index is -1.10. The van der Waals surface area contributed by atoms with Crippen LogP contribution >= 0.6 is 11.5 Å². The summed E-state index contributed by atoms with van der Waals surface area (Å²) >= 11 is 0.941. The molecule has 0 bridgehead atoms. The number of carboxylic acid groups (broad SMARTS) is 1. The number of nitrogens with zero attached hydrogens (tertiary/aromatic N) is 1. The molecule has 0 radical (unpaired) electrons. The lowest BCUT2D eigenvalue weighted by molar-refractivity contribution is 0.0636. The third kappa shape index (κ3) is 3.69. The average Bonchev–Trinajstić information content (AvgIpc) is 2.57. The molecule has 0 unspecified atom stereocenters. The van der Waals surface area contributed by atoms with Gasteiger partial charge in [-0.15, -0.1) is 0 Å². The molecule has 0 saturated heterocycles. The Hall–Kier alpha value is -1.63. The molecule has 2 N–H and O–H groups in total. The molecule has 100 valence electrons. The van der Waals surface area contributed by atoms with E-state index in [-0.39, 0.29) is 10.6 Å². The molecule has 7 heteroatoms. The second kappa shape index (κ2) is 5.34. The zero-order valence-corrected chi connectivity index (χ0v) is 11.6. The standard InChI is InChI=1S/C11H16N2O4S/c1-5-6-7(9(14)15)8(18-13-6)12-10(16)17-11(2,3)4/h5H2,1-4H3,(H,12,16)(H,14,15). The van der Waals surface area contributed by atoms with Crippen LogP contribution in [0.3, 0.4) is 0 Å². The third-order valence-electron chi connectivity index (χ3n) is 1.93. The van der Waals surface area contributed by atoms with Gasteiger partial charge in [-0.25, -0.2) is 9.59 Å². The van der Waals surface area contributed by atoms with Crippen LogP contribution in [-0.2, 0) is 11.2 Å². The quantitative estimate of drug-likeness (QED) is 0.883. The lowest BCUT2D eigenvalue weighted by Crippen LogP contribution is -2.27. The van der Waals surface area contributed by atoms with Gasteiger partial charge in [0.15, 0.2) is 0 Å². The summed E-state index contributed by atoms with van der Waals surface area (Å²) in [6.45, 7) is 7.00. The van der Waals surface area contributed by atoms with Gasteiger partial charge in [-0.3, -0.25) is 5.32 Å². The summed E-state index contributed by atoms with van der Waals surface area (Å²) in [5.41, 5.74) is -0.141. The Morgan fingerprint density at radius 3 is 2.50 bits per heavy atom. The number of carbonyl (C=O) groups excluding carboxylic acids is 1. The number of anilines is 1. The summed E-state index contributed by atoms with van der Waals surface area (Å²) in [6.07, 6.45) is -0.190. The number of carbonyl (C=O) groups is 2. The Kier molecular flexibility index (Phi) is 4.28. The van der Waals surface area contributed by atoms with E-state index < -0.39 is 17.7 Å². The van der Waals surface area contributed by atoms with Gasteiger partial charge in [0.05, 0.1) is 5.69 Å². The Morgan fingerprint density at radius 2 is 2.06 bits per heavy atom. The second-order valence-corrected chi connectivity index (χ2v) is 5.39. The van der Waals surface area contributed by atoms with Gasteiger partial charge >= 0.3 is 12.1 Å². The SMILES string of the molecule is CCc1nsc(NC(=O)OC(C)(C)C)c1C(=O)O. The predicted molar refractivity (Wildman–Crippen MR) is 68.3 cm³/mol. The van der Waals surface area contributed by atoms with Crippen LogP contribution in [0, 0.1) is 0 Å². The van der Waals surface area contributed by atoms with E-state index >= 15 is 0 Å². The molecule has 1 aromatic heterocycles. The van der Waals surface area contributed by atoms with Gasteiger partial charge in [0, 0.05) is 0 Å². The van der Waals surface area contributed by atoms with Gasteiger partial charge in [-0.05, 0) is 38.7 Å². The summed E-state index contributed by atoms with van der Waals surface area (Å²) < 4.78 is 9.05. The maximum atomic E-state index is 11.6. The van der Waals surface area contributed by atoms with Gasteiger partial charge in [0.25, 0.3) is 0 Å². The van der Waals surface area contributed by atoms with Gasteiger partial charge < -0.3 is 9.84 Å². The topological polar surface area (TPSA) is 88.5 Å². The van der Waals surface area contributed by atoms with Crippen LogP contribution in [0.25, 0.3) is 0 Å². The monoisotopic (exact) mass is 272 g/mol. The smallest absolute Gasteiger partial charge is 0.412 e. The number of carboxylic acids is 1. The highest BCUT2D eigenvalue weighted by molar-refractivity contribution is 7.11. The van der Waals surface area contributed by atoms with Crippen molar-refractivity contribution in [2.45, 2.75) is 39.7 Å². The number of rotatable bonds is 3. The van der Waals surface area contributed by atoms with Crippen molar-refractivity contribution >= 4 is 28.6 Å². The van der Waals surface area contributed by atoms with Crippen molar-refractivity contribution in [2.24, 2.45) is 0 Å². The fourth-order valence-corrected chi connectivity index (χ4v) is 2.11. The van der Waals surface area contributed by atoms with Crippen LogP contribution in [0.5, 0.6) is 0 Å². The summed E-state index contributed by atoms with van der Waals surface area (Å²) in [4.78, 5) is 22.7. The number of hydrogen-bond acceptors (Lipinski definition) is 5. The number of ether oxygens (including phenoxy) is 1. The molecule has 1 amide bonds. The predicted octanol–water partition coefficient (Wildman–Crippen LogP) is 2.75. The fraction of sp³-hybridized carbons (Fsp3) is 0.545. The highest BCUT2D eigenvalue weighted by atomic mass is 32.1. The Balaban J connectivity index is 2.88. The van der Waals surface area contributed by atoms with Crippen molar-refractivity contribution in [3.63, 3.8) is 0 Å². The molecule has 1 heterocycles. The lowest BCUT2D eigenvalue weighted by Gasteiger charge is -2.19. The van der Waals surface area contributed by atoms with Gasteiger partial charge in [0.1, 0.15) is 16.2 Å². The van der Waals surface area contributed by atoms with Crippen LogP contribution < -0.4 is 5.32 Å². The zero-order chi connectivity index (χ0) is 13.9. The molecule has 6 nitrogen and oxygen atoms in total. The molecule has 0 saturated carbocycles. The van der Waals surface area contributed by atoms with Crippen molar-refractivity contribution in [1.82, 2.24) is 4.37 Å². The first-order chi connectivity index (χ1) is 8.24. The number of hydrogen-bond donors (Lipinski definition) is 2. The van der Waals surface area contributed by atoms with E-state index in [1.54, 1.807) is 27.7 Å². The van der Waals surface area contributed by atoms with Crippen LogP contribution in [-0.4, -0.2) is 27.1 Å². The first-order valence-corrected chi connectivity index (χ1v) is 6.23. The van der Waals surface area contributed by atoms with Crippen LogP contribution in [0.4, 0.5) is 9.80 Å². The molecule has 0 aliphatic carbocycles. The minimum absolute atomic E-state index is 0.0355. The summed E-state index contributed by atoms with van der Waals surface area (Å²) in [7, 11) is 0. The Labute approximate surface area is 109 Å². The van der Waals surface area contributed by atoms with Crippen molar-refractivity contribution in [3.05, 3.63) is 11.3 Å². The molecule has 18 heavy (non-hydrogen) atoms. The van der Waals surface area contributed by atoms with Gasteiger partial charge in [0.2, 0.25) is 0 Å².